The molecule has 4 nitrogen and oxygen atoms in total. The second kappa shape index (κ2) is 3.37. The summed E-state index contributed by atoms with van der Waals surface area (Å²) in [4.78, 5) is 14.0. The van der Waals surface area contributed by atoms with Gasteiger partial charge in [-0.15, -0.1) is 0 Å². The van der Waals surface area contributed by atoms with E-state index in [1.165, 1.54) is 0 Å². The van der Waals surface area contributed by atoms with E-state index in [2.05, 4.69) is 11.9 Å². The molecule has 0 aromatic carbocycles. The predicted octanol–water partition coefficient (Wildman–Crippen LogP) is 1.05. The molecule has 1 unspecified atom stereocenters. The van der Waals surface area contributed by atoms with Gasteiger partial charge in [-0.2, -0.15) is 4.99 Å². The van der Waals surface area contributed by atoms with Gasteiger partial charge in [0.1, 0.15) is 5.84 Å². The van der Waals surface area contributed by atoms with Crippen molar-refractivity contribution in [2.75, 3.05) is 0 Å². The van der Waals surface area contributed by atoms with E-state index < -0.39 is 6.09 Å². The maximum absolute atomic E-state index is 10.5. The second-order valence-electron chi connectivity index (χ2n) is 2.55. The second-order valence-corrected chi connectivity index (χ2v) is 2.55. The molecular formula is C7H12N2O2. The van der Waals surface area contributed by atoms with Crippen molar-refractivity contribution in [3.8, 4) is 0 Å². The third-order valence-corrected chi connectivity index (χ3v) is 1.61. The van der Waals surface area contributed by atoms with Crippen molar-refractivity contribution in [3.63, 3.8) is 0 Å². The van der Waals surface area contributed by atoms with Crippen molar-refractivity contribution in [2.45, 2.75) is 32.3 Å². The van der Waals surface area contributed by atoms with Gasteiger partial charge in [-0.3, -0.25) is 0 Å². The summed E-state index contributed by atoms with van der Waals surface area (Å²) in [5.74, 6) is 0.323. The van der Waals surface area contributed by atoms with E-state index in [4.69, 9.17) is 10.5 Å². The monoisotopic (exact) mass is 156 g/mol. The Balaban J connectivity index is 2.38. The van der Waals surface area contributed by atoms with Crippen molar-refractivity contribution in [1.29, 1.82) is 0 Å². The summed E-state index contributed by atoms with van der Waals surface area (Å²) in [6.07, 6.45) is 2.05. The van der Waals surface area contributed by atoms with Crippen LogP contribution in [-0.2, 0) is 4.74 Å². The first kappa shape index (κ1) is 8.04. The Morgan fingerprint density at radius 3 is 2.91 bits per heavy atom. The minimum absolute atomic E-state index is 0.262. The summed E-state index contributed by atoms with van der Waals surface area (Å²) in [5, 5.41) is 0. The molecule has 0 fully saturated rings. The molecule has 1 heterocycles. The number of cyclic esters (lactones) is 1. The Labute approximate surface area is 65.4 Å². The third kappa shape index (κ3) is 1.93. The fraction of sp³-hybridized carbons (Fsp3) is 0.714. The Hall–Kier alpha value is -1.06. The average Bonchev–Trinajstić information content (AvgIpc) is 2.26. The average molecular weight is 156 g/mol. The summed E-state index contributed by atoms with van der Waals surface area (Å²) in [6.45, 7) is 2.07. The SMILES string of the molecule is CCCCC1OC(=O)N=C1N. The van der Waals surface area contributed by atoms with Gasteiger partial charge in [0.2, 0.25) is 0 Å². The first-order valence-electron chi connectivity index (χ1n) is 3.78. The highest BCUT2D eigenvalue weighted by Crippen LogP contribution is 2.11. The van der Waals surface area contributed by atoms with Crippen LogP contribution in [0.15, 0.2) is 4.99 Å². The first-order chi connectivity index (χ1) is 5.24. The van der Waals surface area contributed by atoms with Gasteiger partial charge in [0.05, 0.1) is 0 Å². The standard InChI is InChI=1S/C7H12N2O2/c1-2-3-4-5-6(8)9-7(10)11-5/h5H,2-4H2,1H3,(H2,8,9,10). The number of carbonyl (C=O) groups is 1. The van der Waals surface area contributed by atoms with Gasteiger partial charge >= 0.3 is 6.09 Å². The fourth-order valence-electron chi connectivity index (χ4n) is 0.982. The van der Waals surface area contributed by atoms with E-state index in [9.17, 15) is 4.79 Å². The Morgan fingerprint density at radius 2 is 2.45 bits per heavy atom. The molecular weight excluding hydrogens is 144 g/mol. The van der Waals surface area contributed by atoms with E-state index >= 15 is 0 Å². The molecule has 1 rings (SSSR count). The molecule has 1 aliphatic rings. The maximum atomic E-state index is 10.5. The molecule has 0 aliphatic carbocycles. The number of rotatable bonds is 3. The maximum Gasteiger partial charge on any atom is 0.436 e. The fourth-order valence-corrected chi connectivity index (χ4v) is 0.982. The molecule has 0 aromatic heterocycles. The Morgan fingerprint density at radius 1 is 1.73 bits per heavy atom. The van der Waals surface area contributed by atoms with Crippen LogP contribution in [0, 0.1) is 0 Å². The number of nitrogens with two attached hydrogens (primary N) is 1. The van der Waals surface area contributed by atoms with Crippen LogP contribution < -0.4 is 5.73 Å². The van der Waals surface area contributed by atoms with Gasteiger partial charge < -0.3 is 10.5 Å². The van der Waals surface area contributed by atoms with Crippen molar-refractivity contribution < 1.29 is 9.53 Å². The lowest BCUT2D eigenvalue weighted by atomic mass is 10.1. The first-order valence-corrected chi connectivity index (χ1v) is 3.78. The summed E-state index contributed by atoms with van der Waals surface area (Å²) < 4.78 is 4.81. The smallest absolute Gasteiger partial charge is 0.436 e. The zero-order valence-electron chi connectivity index (χ0n) is 6.54. The molecule has 0 radical (unpaired) electrons. The van der Waals surface area contributed by atoms with E-state index in [-0.39, 0.29) is 6.10 Å². The van der Waals surface area contributed by atoms with Crippen LogP contribution in [0.25, 0.3) is 0 Å². The highest BCUT2D eigenvalue weighted by molar-refractivity contribution is 5.98. The number of ether oxygens (including phenoxy) is 1. The minimum Gasteiger partial charge on any atom is -0.436 e. The number of hydrogen-bond acceptors (Lipinski definition) is 3. The summed E-state index contributed by atoms with van der Waals surface area (Å²) >= 11 is 0. The topological polar surface area (TPSA) is 64.7 Å². The molecule has 0 saturated carbocycles. The highest BCUT2D eigenvalue weighted by atomic mass is 16.6. The molecule has 0 saturated heterocycles. The van der Waals surface area contributed by atoms with Crippen LogP contribution in [0.2, 0.25) is 0 Å². The van der Waals surface area contributed by atoms with Crippen molar-refractivity contribution >= 4 is 11.9 Å². The molecule has 1 amide bonds. The molecule has 11 heavy (non-hydrogen) atoms. The lowest BCUT2D eigenvalue weighted by molar-refractivity contribution is 0.143. The number of nitrogens with zero attached hydrogens (tertiary/aromatic N) is 1. The van der Waals surface area contributed by atoms with Crippen molar-refractivity contribution in [1.82, 2.24) is 0 Å². The molecule has 4 heteroatoms. The zero-order valence-corrected chi connectivity index (χ0v) is 6.54. The van der Waals surface area contributed by atoms with Gasteiger partial charge in [0.15, 0.2) is 6.10 Å². The molecule has 0 bridgehead atoms. The van der Waals surface area contributed by atoms with Crippen molar-refractivity contribution in [2.24, 2.45) is 10.7 Å². The number of amidine groups is 1. The largest absolute Gasteiger partial charge is 0.436 e. The molecule has 1 atom stereocenters. The van der Waals surface area contributed by atoms with Crippen LogP contribution in [0.3, 0.4) is 0 Å². The Kier molecular flexibility index (Phi) is 2.46. The normalized spacial score (nSPS) is 23.2. The van der Waals surface area contributed by atoms with Crippen LogP contribution in [0.4, 0.5) is 4.79 Å². The number of unbranched alkanes of at least 4 members (excludes halogenated alkanes) is 1. The predicted molar refractivity (Wildman–Crippen MR) is 41.4 cm³/mol. The number of carbonyl (C=O) groups excluding carboxylic acids is 1. The van der Waals surface area contributed by atoms with Crippen LogP contribution in [0.5, 0.6) is 0 Å². The lowest BCUT2D eigenvalue weighted by Crippen LogP contribution is -2.26. The molecule has 1 aliphatic heterocycles. The lowest BCUT2D eigenvalue weighted by Gasteiger charge is -2.06. The van der Waals surface area contributed by atoms with Gasteiger partial charge in [-0.05, 0) is 12.8 Å². The summed E-state index contributed by atoms with van der Waals surface area (Å²) in [6, 6.07) is 0. The third-order valence-electron chi connectivity index (χ3n) is 1.61. The number of hydrogen-bond donors (Lipinski definition) is 1. The van der Waals surface area contributed by atoms with E-state index in [0.29, 0.717) is 5.84 Å². The molecule has 0 aromatic rings. The number of amides is 1. The highest BCUT2D eigenvalue weighted by Gasteiger charge is 2.24. The summed E-state index contributed by atoms with van der Waals surface area (Å²) in [7, 11) is 0. The van der Waals surface area contributed by atoms with Crippen molar-refractivity contribution in [3.05, 3.63) is 0 Å². The minimum atomic E-state index is -0.552. The van der Waals surface area contributed by atoms with Crippen LogP contribution in [0.1, 0.15) is 26.2 Å². The van der Waals surface area contributed by atoms with Crippen LogP contribution >= 0.6 is 0 Å². The molecule has 0 spiro atoms. The van der Waals surface area contributed by atoms with Gasteiger partial charge in [-0.25, -0.2) is 4.79 Å². The van der Waals surface area contributed by atoms with Gasteiger partial charge in [-0.1, -0.05) is 13.3 Å². The molecule has 62 valence electrons. The quantitative estimate of drug-likeness (QED) is 0.664. The van der Waals surface area contributed by atoms with Gasteiger partial charge in [0, 0.05) is 0 Å². The van der Waals surface area contributed by atoms with E-state index in [0.717, 1.165) is 19.3 Å². The molecule has 2 N–H and O–H groups in total. The zero-order chi connectivity index (χ0) is 8.27. The van der Waals surface area contributed by atoms with E-state index in [1.54, 1.807) is 0 Å². The van der Waals surface area contributed by atoms with Gasteiger partial charge in [0.25, 0.3) is 0 Å². The Bertz CT molecular complexity index is 189. The number of aliphatic imine (C=N–C) groups is 1. The van der Waals surface area contributed by atoms with E-state index in [1.807, 2.05) is 0 Å². The van der Waals surface area contributed by atoms with Crippen LogP contribution in [-0.4, -0.2) is 18.0 Å². The summed E-state index contributed by atoms with van der Waals surface area (Å²) in [5.41, 5.74) is 5.41.